The summed E-state index contributed by atoms with van der Waals surface area (Å²) in [5.41, 5.74) is 0. The van der Waals surface area contributed by atoms with Gasteiger partial charge in [-0.3, -0.25) is 0 Å². The van der Waals surface area contributed by atoms with Crippen LogP contribution >= 0.6 is 11.3 Å². The highest BCUT2D eigenvalue weighted by Gasteiger charge is 2.17. The van der Waals surface area contributed by atoms with Gasteiger partial charge < -0.3 is 5.32 Å². The molecular weight excluding hydrogens is 226 g/mol. The van der Waals surface area contributed by atoms with Gasteiger partial charge in [0.15, 0.2) is 0 Å². The SMILES string of the molecule is CCc1ccc(C(C)NC(C)C(CC)CC)s1. The van der Waals surface area contributed by atoms with Crippen molar-refractivity contribution in [2.45, 2.75) is 66.0 Å². The fourth-order valence-electron chi connectivity index (χ4n) is 2.43. The Hall–Kier alpha value is -0.340. The number of hydrogen-bond acceptors (Lipinski definition) is 2. The summed E-state index contributed by atoms with van der Waals surface area (Å²) in [6.45, 7) is 11.4. The van der Waals surface area contributed by atoms with Crippen LogP contribution in [0.5, 0.6) is 0 Å². The van der Waals surface area contributed by atoms with Gasteiger partial charge in [0.25, 0.3) is 0 Å². The molecule has 0 aromatic carbocycles. The number of aryl methyl sites for hydroxylation is 1. The summed E-state index contributed by atoms with van der Waals surface area (Å²) in [6, 6.07) is 5.63. The molecular formula is C15H27NS. The molecule has 1 heterocycles. The number of nitrogens with one attached hydrogen (secondary N) is 1. The fraction of sp³-hybridized carbons (Fsp3) is 0.733. The number of hydrogen-bond donors (Lipinski definition) is 1. The van der Waals surface area contributed by atoms with Crippen molar-refractivity contribution in [3.63, 3.8) is 0 Å². The topological polar surface area (TPSA) is 12.0 Å². The van der Waals surface area contributed by atoms with Crippen LogP contribution in [0.1, 0.15) is 63.3 Å². The molecule has 0 saturated heterocycles. The molecule has 2 atom stereocenters. The predicted octanol–water partition coefficient (Wildman–Crippen LogP) is 4.79. The molecule has 98 valence electrons. The van der Waals surface area contributed by atoms with E-state index < -0.39 is 0 Å². The van der Waals surface area contributed by atoms with E-state index in [4.69, 9.17) is 0 Å². The monoisotopic (exact) mass is 253 g/mol. The van der Waals surface area contributed by atoms with Crippen molar-refractivity contribution in [1.29, 1.82) is 0 Å². The summed E-state index contributed by atoms with van der Waals surface area (Å²) in [5.74, 6) is 0.794. The van der Waals surface area contributed by atoms with Crippen LogP contribution in [-0.2, 0) is 6.42 Å². The maximum absolute atomic E-state index is 3.75. The first-order valence-corrected chi connectivity index (χ1v) is 7.78. The molecule has 0 aliphatic carbocycles. The average Bonchev–Trinajstić information content (AvgIpc) is 2.79. The Morgan fingerprint density at radius 1 is 1.12 bits per heavy atom. The molecule has 1 aromatic heterocycles. The molecule has 0 amide bonds. The maximum Gasteiger partial charge on any atom is 0.0388 e. The fourth-order valence-corrected chi connectivity index (χ4v) is 3.39. The van der Waals surface area contributed by atoms with Crippen LogP contribution in [0.25, 0.3) is 0 Å². The van der Waals surface area contributed by atoms with Gasteiger partial charge in [0, 0.05) is 21.8 Å². The Morgan fingerprint density at radius 3 is 2.24 bits per heavy atom. The van der Waals surface area contributed by atoms with E-state index in [0.717, 1.165) is 12.3 Å². The van der Waals surface area contributed by atoms with Gasteiger partial charge in [0.1, 0.15) is 0 Å². The van der Waals surface area contributed by atoms with Crippen molar-refractivity contribution in [3.8, 4) is 0 Å². The second-order valence-electron chi connectivity index (χ2n) is 4.91. The van der Waals surface area contributed by atoms with Crippen molar-refractivity contribution in [2.75, 3.05) is 0 Å². The normalized spacial score (nSPS) is 15.2. The average molecular weight is 253 g/mol. The van der Waals surface area contributed by atoms with Gasteiger partial charge in [-0.05, 0) is 38.3 Å². The molecule has 0 fully saturated rings. The minimum Gasteiger partial charge on any atom is -0.307 e. The Labute approximate surface area is 111 Å². The Bertz CT molecular complexity index is 314. The largest absolute Gasteiger partial charge is 0.307 e. The molecule has 0 saturated carbocycles. The molecule has 0 aliphatic rings. The minimum absolute atomic E-state index is 0.482. The lowest BCUT2D eigenvalue weighted by Gasteiger charge is -2.26. The van der Waals surface area contributed by atoms with Crippen molar-refractivity contribution >= 4 is 11.3 Å². The minimum atomic E-state index is 0.482. The summed E-state index contributed by atoms with van der Waals surface area (Å²) in [7, 11) is 0. The van der Waals surface area contributed by atoms with E-state index in [1.807, 2.05) is 11.3 Å². The van der Waals surface area contributed by atoms with Gasteiger partial charge >= 0.3 is 0 Å². The maximum atomic E-state index is 3.75. The second kappa shape index (κ2) is 7.17. The van der Waals surface area contributed by atoms with Gasteiger partial charge in [-0.1, -0.05) is 33.6 Å². The van der Waals surface area contributed by atoms with E-state index in [-0.39, 0.29) is 0 Å². The number of thiophene rings is 1. The zero-order valence-electron chi connectivity index (χ0n) is 11.9. The highest BCUT2D eigenvalue weighted by atomic mass is 32.1. The smallest absolute Gasteiger partial charge is 0.0388 e. The van der Waals surface area contributed by atoms with Crippen LogP contribution in [0.3, 0.4) is 0 Å². The van der Waals surface area contributed by atoms with Crippen LogP contribution in [-0.4, -0.2) is 6.04 Å². The molecule has 1 nitrogen and oxygen atoms in total. The van der Waals surface area contributed by atoms with E-state index in [1.54, 1.807) is 0 Å². The van der Waals surface area contributed by atoms with Crippen LogP contribution in [0, 0.1) is 5.92 Å². The van der Waals surface area contributed by atoms with E-state index in [9.17, 15) is 0 Å². The molecule has 2 heteroatoms. The van der Waals surface area contributed by atoms with Gasteiger partial charge in [-0.2, -0.15) is 0 Å². The summed E-state index contributed by atoms with van der Waals surface area (Å²) in [5, 5.41) is 3.75. The van der Waals surface area contributed by atoms with Crippen LogP contribution in [0.4, 0.5) is 0 Å². The third kappa shape index (κ3) is 4.11. The molecule has 1 N–H and O–H groups in total. The number of rotatable bonds is 7. The van der Waals surface area contributed by atoms with Crippen molar-refractivity contribution in [3.05, 3.63) is 21.9 Å². The molecule has 0 bridgehead atoms. The Kier molecular flexibility index (Phi) is 6.21. The summed E-state index contributed by atoms with van der Waals surface area (Å²) in [6.07, 6.45) is 3.68. The molecule has 17 heavy (non-hydrogen) atoms. The third-order valence-corrected chi connectivity index (χ3v) is 5.14. The molecule has 1 aromatic rings. The summed E-state index contributed by atoms with van der Waals surface area (Å²) < 4.78 is 0. The lowest BCUT2D eigenvalue weighted by Crippen LogP contribution is -2.34. The van der Waals surface area contributed by atoms with Crippen molar-refractivity contribution in [1.82, 2.24) is 5.32 Å². The molecule has 2 unspecified atom stereocenters. The van der Waals surface area contributed by atoms with Gasteiger partial charge in [0.2, 0.25) is 0 Å². The quantitative estimate of drug-likeness (QED) is 0.737. The zero-order chi connectivity index (χ0) is 12.8. The molecule has 1 rings (SSSR count). The lowest BCUT2D eigenvalue weighted by molar-refractivity contribution is 0.331. The van der Waals surface area contributed by atoms with Gasteiger partial charge in [0.05, 0.1) is 0 Å². The zero-order valence-corrected chi connectivity index (χ0v) is 12.7. The Balaban J connectivity index is 2.56. The molecule has 0 radical (unpaired) electrons. The van der Waals surface area contributed by atoms with Crippen LogP contribution in [0.2, 0.25) is 0 Å². The third-order valence-electron chi connectivity index (χ3n) is 3.73. The van der Waals surface area contributed by atoms with Crippen LogP contribution < -0.4 is 5.32 Å². The van der Waals surface area contributed by atoms with Crippen molar-refractivity contribution < 1.29 is 0 Å². The summed E-state index contributed by atoms with van der Waals surface area (Å²) >= 11 is 1.95. The van der Waals surface area contributed by atoms with E-state index in [1.165, 1.54) is 22.6 Å². The van der Waals surface area contributed by atoms with E-state index in [2.05, 4.69) is 52.1 Å². The first-order chi connectivity index (χ1) is 8.12. The Morgan fingerprint density at radius 2 is 1.76 bits per heavy atom. The standard InChI is InChI=1S/C15H27NS/c1-6-13(7-2)11(4)16-12(5)15-10-9-14(8-3)17-15/h9-13,16H,6-8H2,1-5H3. The molecule has 0 aliphatic heterocycles. The van der Waals surface area contributed by atoms with Gasteiger partial charge in [-0.25, -0.2) is 0 Å². The van der Waals surface area contributed by atoms with Gasteiger partial charge in [-0.15, -0.1) is 11.3 Å². The molecule has 0 spiro atoms. The summed E-state index contributed by atoms with van der Waals surface area (Å²) in [4.78, 5) is 2.96. The highest BCUT2D eigenvalue weighted by Crippen LogP contribution is 2.25. The highest BCUT2D eigenvalue weighted by molar-refractivity contribution is 7.12. The van der Waals surface area contributed by atoms with E-state index >= 15 is 0 Å². The van der Waals surface area contributed by atoms with E-state index in [0.29, 0.717) is 12.1 Å². The van der Waals surface area contributed by atoms with Crippen molar-refractivity contribution in [2.24, 2.45) is 5.92 Å². The first kappa shape index (κ1) is 14.7. The predicted molar refractivity (Wildman–Crippen MR) is 78.8 cm³/mol. The lowest BCUT2D eigenvalue weighted by atomic mass is 9.95. The van der Waals surface area contributed by atoms with Crippen LogP contribution in [0.15, 0.2) is 12.1 Å². The second-order valence-corrected chi connectivity index (χ2v) is 6.11. The first-order valence-electron chi connectivity index (χ1n) is 6.96.